The third-order valence-electron chi connectivity index (χ3n) is 7.97. The van der Waals surface area contributed by atoms with E-state index in [0.717, 1.165) is 89.9 Å². The van der Waals surface area contributed by atoms with Crippen LogP contribution in [0, 0.1) is 0 Å². The summed E-state index contributed by atoms with van der Waals surface area (Å²) >= 11 is 0. The van der Waals surface area contributed by atoms with Crippen LogP contribution in [-0.4, -0.2) is 65.7 Å². The van der Waals surface area contributed by atoms with E-state index in [1.807, 2.05) is 0 Å². The lowest BCUT2D eigenvalue weighted by Crippen LogP contribution is -2.29. The van der Waals surface area contributed by atoms with Gasteiger partial charge < -0.3 is 24.6 Å². The molecule has 0 saturated carbocycles. The Bertz CT molecular complexity index is 994. The molecule has 0 spiro atoms. The second-order valence-electron chi connectivity index (χ2n) is 12.9. The number of unbranched alkanes of at least 4 members (excludes halogenated alkanes) is 14. The lowest BCUT2D eigenvalue weighted by atomic mass is 10.1. The quantitative estimate of drug-likeness (QED) is 0.0245. The van der Waals surface area contributed by atoms with Gasteiger partial charge in [-0.15, -0.1) is 0 Å². The first kappa shape index (κ1) is 48.9. The standard InChI is InChI=1S/C40H71O10P/c1-3-5-7-9-11-13-15-17-18-20-21-23-25-27-29-31-39(43)47-35-38(36-49-51(45,46)48-34-37(42)33-41)50-40(44)32-30-28-26-24-22-19-16-14-12-10-8-6-4-2/h5,7,11,13-14,16-18,37-38,41-42H,3-4,6,8-10,12,15,19-36H2,1-2H3,(H,45,46)/b7-5+,13-11+,16-14+,18-17+/t37-,38+/m0/s1. The number of hydrogen-bond acceptors (Lipinski definition) is 9. The number of carbonyl (C=O) groups excluding carboxylic acids is 2. The van der Waals surface area contributed by atoms with Crippen molar-refractivity contribution in [1.29, 1.82) is 0 Å². The van der Waals surface area contributed by atoms with E-state index in [1.54, 1.807) is 0 Å². The van der Waals surface area contributed by atoms with Crippen molar-refractivity contribution >= 4 is 19.8 Å². The van der Waals surface area contributed by atoms with Crippen LogP contribution in [0.1, 0.15) is 155 Å². The number of hydrogen-bond donors (Lipinski definition) is 3. The fourth-order valence-corrected chi connectivity index (χ4v) is 5.73. The zero-order valence-corrected chi connectivity index (χ0v) is 32.7. The van der Waals surface area contributed by atoms with Crippen LogP contribution in [0.5, 0.6) is 0 Å². The first-order chi connectivity index (χ1) is 24.7. The maximum absolute atomic E-state index is 12.5. The van der Waals surface area contributed by atoms with Crippen LogP contribution < -0.4 is 0 Å². The summed E-state index contributed by atoms with van der Waals surface area (Å²) in [6.45, 7) is 2.20. The van der Waals surface area contributed by atoms with Gasteiger partial charge in [-0.3, -0.25) is 18.6 Å². The summed E-state index contributed by atoms with van der Waals surface area (Å²) < 4.78 is 32.6. The summed E-state index contributed by atoms with van der Waals surface area (Å²) in [5.41, 5.74) is 0. The minimum Gasteiger partial charge on any atom is -0.462 e. The average Bonchev–Trinajstić information content (AvgIpc) is 3.12. The van der Waals surface area contributed by atoms with Crippen molar-refractivity contribution in [3.63, 3.8) is 0 Å². The van der Waals surface area contributed by atoms with Crippen LogP contribution in [0.15, 0.2) is 48.6 Å². The minimum atomic E-state index is -4.62. The lowest BCUT2D eigenvalue weighted by molar-refractivity contribution is -0.161. The van der Waals surface area contributed by atoms with Gasteiger partial charge in [-0.25, -0.2) is 4.57 Å². The maximum Gasteiger partial charge on any atom is 0.472 e. The number of phosphoric ester groups is 1. The number of allylic oxidation sites excluding steroid dienone is 8. The molecule has 3 N–H and O–H groups in total. The monoisotopic (exact) mass is 742 g/mol. The largest absolute Gasteiger partial charge is 0.472 e. The minimum absolute atomic E-state index is 0.169. The van der Waals surface area contributed by atoms with Gasteiger partial charge >= 0.3 is 19.8 Å². The molecule has 0 aliphatic rings. The Morgan fingerprint density at radius 2 is 1.08 bits per heavy atom. The second kappa shape index (κ2) is 36.3. The van der Waals surface area contributed by atoms with Crippen molar-refractivity contribution in [2.45, 2.75) is 167 Å². The van der Waals surface area contributed by atoms with Crippen LogP contribution in [0.4, 0.5) is 0 Å². The van der Waals surface area contributed by atoms with E-state index in [9.17, 15) is 24.2 Å². The highest BCUT2D eigenvalue weighted by Crippen LogP contribution is 2.43. The van der Waals surface area contributed by atoms with E-state index in [-0.39, 0.29) is 19.4 Å². The molecule has 0 radical (unpaired) electrons. The third kappa shape index (κ3) is 36.1. The van der Waals surface area contributed by atoms with Gasteiger partial charge in [-0.05, 0) is 70.6 Å². The fraction of sp³-hybridized carbons (Fsp3) is 0.750. The summed E-state index contributed by atoms with van der Waals surface area (Å²) in [4.78, 5) is 34.8. The Morgan fingerprint density at radius 3 is 1.65 bits per heavy atom. The molecule has 296 valence electrons. The Hall–Kier alpha value is -2.07. The van der Waals surface area contributed by atoms with Crippen molar-refractivity contribution in [3.8, 4) is 0 Å². The molecule has 0 rings (SSSR count). The summed E-state index contributed by atoms with van der Waals surface area (Å²) in [5, 5.41) is 18.3. The molecule has 0 aliphatic carbocycles. The van der Waals surface area contributed by atoms with Gasteiger partial charge in [-0.1, -0.05) is 120 Å². The van der Waals surface area contributed by atoms with E-state index in [0.29, 0.717) is 12.8 Å². The number of phosphoric acid groups is 1. The molecule has 0 amide bonds. The van der Waals surface area contributed by atoms with Crippen molar-refractivity contribution in [1.82, 2.24) is 0 Å². The van der Waals surface area contributed by atoms with Gasteiger partial charge in [0.15, 0.2) is 6.10 Å². The number of aliphatic hydroxyl groups excluding tert-OH is 2. The van der Waals surface area contributed by atoms with Crippen molar-refractivity contribution in [2.75, 3.05) is 26.4 Å². The number of rotatable bonds is 36. The molecule has 0 aliphatic heterocycles. The van der Waals surface area contributed by atoms with Crippen LogP contribution >= 0.6 is 7.82 Å². The zero-order valence-electron chi connectivity index (χ0n) is 31.8. The van der Waals surface area contributed by atoms with Crippen LogP contribution in [0.3, 0.4) is 0 Å². The number of carbonyl (C=O) groups is 2. The third-order valence-corrected chi connectivity index (χ3v) is 8.92. The van der Waals surface area contributed by atoms with Gasteiger partial charge in [0.2, 0.25) is 0 Å². The Morgan fingerprint density at radius 1 is 0.608 bits per heavy atom. The van der Waals surface area contributed by atoms with Crippen LogP contribution in [0.25, 0.3) is 0 Å². The molecule has 0 bridgehead atoms. The molecule has 10 nitrogen and oxygen atoms in total. The lowest BCUT2D eigenvalue weighted by Gasteiger charge is -2.20. The second-order valence-corrected chi connectivity index (χ2v) is 14.4. The number of ether oxygens (including phenoxy) is 2. The first-order valence-corrected chi connectivity index (χ1v) is 21.1. The van der Waals surface area contributed by atoms with Crippen molar-refractivity contribution in [2.24, 2.45) is 0 Å². The molecule has 0 aromatic rings. The molecule has 0 fully saturated rings. The molecule has 0 heterocycles. The van der Waals surface area contributed by atoms with Gasteiger partial charge in [0.25, 0.3) is 0 Å². The van der Waals surface area contributed by atoms with E-state index in [1.165, 1.54) is 25.7 Å². The SMILES string of the molecule is CC/C=C/C/C=C/C/C=C/CCCCCCCC(=O)OC[C@H](COP(=O)(O)OC[C@@H](O)CO)OC(=O)CCCCCCC/C=C/CCCCCC. The Balaban J connectivity index is 4.40. The molecule has 51 heavy (non-hydrogen) atoms. The predicted octanol–water partition coefficient (Wildman–Crippen LogP) is 9.78. The van der Waals surface area contributed by atoms with Gasteiger partial charge in [0, 0.05) is 12.8 Å². The molecule has 0 aromatic carbocycles. The van der Waals surface area contributed by atoms with Crippen LogP contribution in [0.2, 0.25) is 0 Å². The Kier molecular flexibility index (Phi) is 34.8. The van der Waals surface area contributed by atoms with E-state index >= 15 is 0 Å². The molecule has 1 unspecified atom stereocenters. The van der Waals surface area contributed by atoms with E-state index in [2.05, 4.69) is 67.0 Å². The van der Waals surface area contributed by atoms with E-state index < -0.39 is 51.8 Å². The summed E-state index contributed by atoms with van der Waals surface area (Å²) in [5.74, 6) is -0.959. The van der Waals surface area contributed by atoms with Crippen LogP contribution in [-0.2, 0) is 32.7 Å². The zero-order chi connectivity index (χ0) is 37.7. The highest BCUT2D eigenvalue weighted by atomic mass is 31.2. The molecular weight excluding hydrogens is 671 g/mol. The number of esters is 2. The topological polar surface area (TPSA) is 149 Å². The van der Waals surface area contributed by atoms with Gasteiger partial charge in [-0.2, -0.15) is 0 Å². The van der Waals surface area contributed by atoms with Gasteiger partial charge in [0.1, 0.15) is 12.7 Å². The Labute approximate surface area is 309 Å². The molecule has 0 saturated heterocycles. The highest BCUT2D eigenvalue weighted by molar-refractivity contribution is 7.47. The smallest absolute Gasteiger partial charge is 0.462 e. The van der Waals surface area contributed by atoms with E-state index in [4.69, 9.17) is 19.1 Å². The summed E-state index contributed by atoms with van der Waals surface area (Å²) in [6, 6.07) is 0. The van der Waals surface area contributed by atoms with Crippen molar-refractivity contribution in [3.05, 3.63) is 48.6 Å². The highest BCUT2D eigenvalue weighted by Gasteiger charge is 2.27. The summed E-state index contributed by atoms with van der Waals surface area (Å²) in [6.07, 6.45) is 36.5. The molecule has 0 aromatic heterocycles. The summed E-state index contributed by atoms with van der Waals surface area (Å²) in [7, 11) is -4.62. The molecular formula is C40H71O10P. The normalized spacial score (nSPS) is 14.5. The fourth-order valence-electron chi connectivity index (χ4n) is 4.94. The molecule has 3 atom stereocenters. The predicted molar refractivity (Wildman–Crippen MR) is 205 cm³/mol. The first-order valence-electron chi connectivity index (χ1n) is 19.6. The maximum atomic E-state index is 12.5. The van der Waals surface area contributed by atoms with Gasteiger partial charge in [0.05, 0.1) is 19.8 Å². The van der Waals surface area contributed by atoms with Crippen molar-refractivity contribution < 1.29 is 47.8 Å². The molecule has 11 heteroatoms. The number of aliphatic hydroxyl groups is 2. The average molecular weight is 743 g/mol.